The van der Waals surface area contributed by atoms with Gasteiger partial charge in [-0.2, -0.15) is 0 Å². The van der Waals surface area contributed by atoms with Gasteiger partial charge < -0.3 is 24.9 Å². The molecule has 3 rings (SSSR count). The molecule has 8 heteroatoms. The maximum atomic E-state index is 12.4. The first-order valence-corrected chi connectivity index (χ1v) is 9.65. The Balaban J connectivity index is 1.56. The molecule has 2 aromatic rings. The Labute approximate surface area is 170 Å². The summed E-state index contributed by atoms with van der Waals surface area (Å²) >= 11 is 0. The summed E-state index contributed by atoms with van der Waals surface area (Å²) in [7, 11) is -1.62. The molecule has 0 aliphatic carbocycles. The third-order valence-electron chi connectivity index (χ3n) is 4.54. The van der Waals surface area contributed by atoms with Crippen molar-refractivity contribution in [1.29, 1.82) is 0 Å². The van der Waals surface area contributed by atoms with Crippen LogP contribution in [0.15, 0.2) is 59.8 Å². The third kappa shape index (κ3) is 5.82. The van der Waals surface area contributed by atoms with Crippen LogP contribution >= 0.6 is 0 Å². The maximum Gasteiger partial charge on any atom is 0.475 e. The molecule has 2 atom stereocenters. The lowest BCUT2D eigenvalue weighted by Gasteiger charge is -2.20. The van der Waals surface area contributed by atoms with Gasteiger partial charge in [-0.25, -0.2) is 0 Å². The van der Waals surface area contributed by atoms with Gasteiger partial charge in [-0.1, -0.05) is 37.2 Å². The average molecular weight is 396 g/mol. The van der Waals surface area contributed by atoms with Gasteiger partial charge in [-0.15, -0.1) is 0 Å². The number of amides is 1. The maximum absolute atomic E-state index is 12.4. The van der Waals surface area contributed by atoms with E-state index in [1.165, 1.54) is 0 Å². The number of oxime groups is 1. The molecule has 1 aliphatic rings. The second-order valence-electron chi connectivity index (χ2n) is 7.43. The molecule has 0 fully saturated rings. The van der Waals surface area contributed by atoms with E-state index in [0.29, 0.717) is 24.3 Å². The first-order chi connectivity index (χ1) is 13.9. The van der Waals surface area contributed by atoms with Gasteiger partial charge in [0, 0.05) is 6.42 Å². The first kappa shape index (κ1) is 20.9. The Morgan fingerprint density at radius 2 is 1.83 bits per heavy atom. The molecule has 1 heterocycles. The van der Waals surface area contributed by atoms with Crippen molar-refractivity contribution < 1.29 is 24.4 Å². The number of hydrogen-bond donors (Lipinski definition) is 3. The van der Waals surface area contributed by atoms with Gasteiger partial charge in [-0.05, 0) is 54.3 Å². The van der Waals surface area contributed by atoms with Gasteiger partial charge in [0.05, 0.1) is 11.7 Å². The van der Waals surface area contributed by atoms with Gasteiger partial charge in [0.15, 0.2) is 0 Å². The summed E-state index contributed by atoms with van der Waals surface area (Å²) in [6.45, 7) is 3.89. The van der Waals surface area contributed by atoms with Gasteiger partial charge >= 0.3 is 7.12 Å². The number of carbonyl (C=O) groups is 1. The lowest BCUT2D eigenvalue weighted by Crippen LogP contribution is -2.50. The highest BCUT2D eigenvalue weighted by Gasteiger charge is 2.33. The van der Waals surface area contributed by atoms with Gasteiger partial charge in [0.2, 0.25) is 6.10 Å². The molecule has 0 spiro atoms. The molecule has 0 aromatic heterocycles. The Hall–Kier alpha value is -2.84. The van der Waals surface area contributed by atoms with Crippen LogP contribution in [0.4, 0.5) is 0 Å². The number of carbonyl (C=O) groups excluding carboxylic acids is 1. The molecule has 1 amide bonds. The topological polar surface area (TPSA) is 100 Å². The van der Waals surface area contributed by atoms with Crippen LogP contribution in [0.1, 0.15) is 32.3 Å². The van der Waals surface area contributed by atoms with Crippen molar-refractivity contribution in [2.24, 2.45) is 11.1 Å². The van der Waals surface area contributed by atoms with Crippen LogP contribution in [0.2, 0.25) is 0 Å². The standard InChI is InChI=1S/C21H25BN2O5/c1-14(2)12-20(22(26)27)23-21(25)19-13-18(24-29-19)15-8-10-17(11-9-15)28-16-6-4-3-5-7-16/h3-11,14,19-20,26-27H,12-13H2,1-2H3,(H,23,25)/t19?,20-/m0/s1. The summed E-state index contributed by atoms with van der Waals surface area (Å²) in [5.41, 5.74) is 1.49. The number of ether oxygens (including phenoxy) is 1. The smallest absolute Gasteiger partial charge is 0.457 e. The van der Waals surface area contributed by atoms with Gasteiger partial charge in [-0.3, -0.25) is 4.79 Å². The van der Waals surface area contributed by atoms with E-state index in [2.05, 4.69) is 10.5 Å². The van der Waals surface area contributed by atoms with Crippen LogP contribution in [-0.4, -0.2) is 40.8 Å². The van der Waals surface area contributed by atoms with Crippen LogP contribution in [0.3, 0.4) is 0 Å². The zero-order valence-corrected chi connectivity index (χ0v) is 16.5. The van der Waals surface area contributed by atoms with Crippen molar-refractivity contribution in [3.63, 3.8) is 0 Å². The van der Waals surface area contributed by atoms with E-state index in [-0.39, 0.29) is 5.92 Å². The highest BCUT2D eigenvalue weighted by atomic mass is 16.6. The summed E-state index contributed by atoms with van der Waals surface area (Å²) in [6.07, 6.45) is -0.0356. The summed E-state index contributed by atoms with van der Waals surface area (Å²) in [6, 6.07) is 16.9. The normalized spacial score (nSPS) is 16.7. The van der Waals surface area contributed by atoms with Crippen LogP contribution in [0, 0.1) is 5.92 Å². The lowest BCUT2D eigenvalue weighted by atomic mass is 9.75. The summed E-state index contributed by atoms with van der Waals surface area (Å²) < 4.78 is 5.77. The molecule has 1 unspecified atom stereocenters. The quantitative estimate of drug-likeness (QED) is 0.596. The van der Waals surface area contributed by atoms with Crippen LogP contribution < -0.4 is 10.1 Å². The second kappa shape index (κ2) is 9.58. The largest absolute Gasteiger partial charge is 0.475 e. The number of rotatable bonds is 8. The number of hydrogen-bond acceptors (Lipinski definition) is 6. The van der Waals surface area contributed by atoms with E-state index in [9.17, 15) is 14.8 Å². The van der Waals surface area contributed by atoms with Crippen molar-refractivity contribution in [3.8, 4) is 11.5 Å². The van der Waals surface area contributed by atoms with E-state index in [1.54, 1.807) is 0 Å². The SMILES string of the molecule is CC(C)C[C@H](NC(=O)C1CC(c2ccc(Oc3ccccc3)cc2)=NO1)B(O)O. The van der Waals surface area contributed by atoms with Crippen molar-refractivity contribution in [3.05, 3.63) is 60.2 Å². The van der Waals surface area contributed by atoms with E-state index >= 15 is 0 Å². The molecular weight excluding hydrogens is 371 g/mol. The summed E-state index contributed by atoms with van der Waals surface area (Å²) in [4.78, 5) is 17.7. The predicted octanol–water partition coefficient (Wildman–Crippen LogP) is 2.51. The zero-order valence-electron chi connectivity index (χ0n) is 16.5. The van der Waals surface area contributed by atoms with Crippen LogP contribution in [0.5, 0.6) is 11.5 Å². The minimum Gasteiger partial charge on any atom is -0.457 e. The monoisotopic (exact) mass is 396 g/mol. The van der Waals surface area contributed by atoms with Crippen molar-refractivity contribution in [1.82, 2.24) is 5.32 Å². The Kier molecular flexibility index (Phi) is 6.90. The summed E-state index contributed by atoms with van der Waals surface area (Å²) in [5.74, 6) is 0.494. The molecular formula is C21H25BN2O5. The molecule has 1 aliphatic heterocycles. The Morgan fingerprint density at radius 3 is 2.45 bits per heavy atom. The molecule has 0 radical (unpaired) electrons. The molecule has 29 heavy (non-hydrogen) atoms. The van der Waals surface area contributed by atoms with Crippen molar-refractivity contribution >= 4 is 18.7 Å². The first-order valence-electron chi connectivity index (χ1n) is 9.65. The number of para-hydroxylation sites is 1. The fourth-order valence-electron chi connectivity index (χ4n) is 3.07. The van der Waals surface area contributed by atoms with Crippen LogP contribution in [-0.2, 0) is 9.63 Å². The fraction of sp³-hybridized carbons (Fsp3) is 0.333. The number of nitrogens with one attached hydrogen (secondary N) is 1. The minimum atomic E-state index is -1.62. The highest BCUT2D eigenvalue weighted by molar-refractivity contribution is 6.43. The molecule has 2 aromatic carbocycles. The van der Waals surface area contributed by atoms with Gasteiger partial charge in [0.25, 0.3) is 5.91 Å². The minimum absolute atomic E-state index is 0.204. The fourth-order valence-corrected chi connectivity index (χ4v) is 3.07. The predicted molar refractivity (Wildman–Crippen MR) is 111 cm³/mol. The van der Waals surface area contributed by atoms with E-state index < -0.39 is 25.1 Å². The molecule has 3 N–H and O–H groups in total. The zero-order chi connectivity index (χ0) is 20.8. The molecule has 7 nitrogen and oxygen atoms in total. The van der Waals surface area contributed by atoms with Gasteiger partial charge in [0.1, 0.15) is 11.5 Å². The van der Waals surface area contributed by atoms with E-state index in [0.717, 1.165) is 11.3 Å². The Morgan fingerprint density at radius 1 is 1.17 bits per heavy atom. The van der Waals surface area contributed by atoms with Crippen molar-refractivity contribution in [2.45, 2.75) is 38.7 Å². The second-order valence-corrected chi connectivity index (χ2v) is 7.43. The van der Waals surface area contributed by atoms with Crippen molar-refractivity contribution in [2.75, 3.05) is 0 Å². The number of benzene rings is 2. The Bertz CT molecular complexity index is 840. The third-order valence-corrected chi connectivity index (χ3v) is 4.54. The van der Waals surface area contributed by atoms with Crippen LogP contribution in [0.25, 0.3) is 0 Å². The molecule has 0 saturated heterocycles. The molecule has 152 valence electrons. The number of nitrogens with zero attached hydrogens (tertiary/aromatic N) is 1. The highest BCUT2D eigenvalue weighted by Crippen LogP contribution is 2.23. The average Bonchev–Trinajstić information content (AvgIpc) is 3.19. The van der Waals surface area contributed by atoms with E-state index in [1.807, 2.05) is 68.4 Å². The lowest BCUT2D eigenvalue weighted by molar-refractivity contribution is -0.131. The molecule has 0 bridgehead atoms. The molecule has 0 saturated carbocycles. The summed E-state index contributed by atoms with van der Waals surface area (Å²) in [5, 5.41) is 25.6. The van der Waals surface area contributed by atoms with E-state index in [4.69, 9.17) is 9.57 Å².